The van der Waals surface area contributed by atoms with Gasteiger partial charge < -0.3 is 14.4 Å². The van der Waals surface area contributed by atoms with Gasteiger partial charge in [-0.05, 0) is 69.0 Å². The van der Waals surface area contributed by atoms with Crippen LogP contribution in [0.15, 0.2) is 30.3 Å². The van der Waals surface area contributed by atoms with E-state index >= 15 is 0 Å². The van der Waals surface area contributed by atoms with Gasteiger partial charge in [0.15, 0.2) is 0 Å². The number of hydrogen-bond donors (Lipinski definition) is 0. The monoisotopic (exact) mass is 423 g/mol. The summed E-state index contributed by atoms with van der Waals surface area (Å²) in [6, 6.07) is 10.9. The van der Waals surface area contributed by atoms with Crippen LogP contribution in [0, 0.1) is 29.1 Å². The highest BCUT2D eigenvalue weighted by Gasteiger charge is 2.78. The van der Waals surface area contributed by atoms with Crippen LogP contribution in [-0.4, -0.2) is 48.3 Å². The summed E-state index contributed by atoms with van der Waals surface area (Å²) in [6.07, 6.45) is 8.70. The van der Waals surface area contributed by atoms with Crippen molar-refractivity contribution in [3.8, 4) is 0 Å². The molecule has 0 unspecified atom stereocenters. The molecule has 3 heterocycles. The first-order valence-corrected chi connectivity index (χ1v) is 12.6. The maximum atomic E-state index is 13.0. The zero-order valence-electron chi connectivity index (χ0n) is 19.1. The third-order valence-corrected chi connectivity index (χ3v) is 9.72. The Bertz CT molecular complexity index is 834. The fourth-order valence-corrected chi connectivity index (χ4v) is 8.04. The Morgan fingerprint density at radius 1 is 1.13 bits per heavy atom. The number of carbonyl (C=O) groups excluding carboxylic acids is 1. The van der Waals surface area contributed by atoms with Gasteiger partial charge in [-0.2, -0.15) is 0 Å². The zero-order chi connectivity index (χ0) is 21.2. The molecule has 1 aromatic rings. The van der Waals surface area contributed by atoms with Gasteiger partial charge in [-0.3, -0.25) is 4.79 Å². The Kier molecular flexibility index (Phi) is 4.77. The molecule has 1 spiro atoms. The van der Waals surface area contributed by atoms with Crippen molar-refractivity contribution in [2.24, 2.45) is 29.1 Å². The van der Waals surface area contributed by atoms with Crippen molar-refractivity contribution in [3.05, 3.63) is 35.9 Å². The SMILES string of the molecule is C[C@@H]1CCC[C@]2(C)C[C@H]3OC(=O)[C@@H](CN4CCC(Cc5ccccc5)CC4)[C@H]3[C@@H]3O[C@@]132. The van der Waals surface area contributed by atoms with Crippen LogP contribution in [0.2, 0.25) is 0 Å². The van der Waals surface area contributed by atoms with Gasteiger partial charge in [0.2, 0.25) is 0 Å². The van der Waals surface area contributed by atoms with Crippen LogP contribution in [0.4, 0.5) is 0 Å². The molecule has 3 saturated heterocycles. The summed E-state index contributed by atoms with van der Waals surface area (Å²) in [5, 5.41) is 0. The first-order valence-electron chi connectivity index (χ1n) is 12.6. The highest BCUT2D eigenvalue weighted by molar-refractivity contribution is 5.76. The van der Waals surface area contributed by atoms with Gasteiger partial charge >= 0.3 is 5.97 Å². The Morgan fingerprint density at radius 3 is 2.68 bits per heavy atom. The molecule has 0 N–H and O–H groups in total. The standard InChI is InChI=1S/C27H37NO3/c1-18-7-6-12-26(2)16-22-23(24-27(18,26)31-24)21(25(29)30-22)17-28-13-10-20(11-14-28)15-19-8-4-3-5-9-19/h3-5,8-9,18,20-24H,6-7,10-17H2,1-2H3/t18-,21+,22-,23-,24+,26-,27+/m1/s1. The molecule has 168 valence electrons. The molecule has 6 rings (SSSR count). The largest absolute Gasteiger partial charge is 0.462 e. The van der Waals surface area contributed by atoms with E-state index < -0.39 is 0 Å². The molecule has 1 aromatic carbocycles. The van der Waals surface area contributed by atoms with Crippen LogP contribution in [0.3, 0.4) is 0 Å². The van der Waals surface area contributed by atoms with Gasteiger partial charge in [0.05, 0.1) is 12.0 Å². The van der Waals surface area contributed by atoms with Crippen LogP contribution in [0.5, 0.6) is 0 Å². The lowest BCUT2D eigenvalue weighted by Crippen LogP contribution is -2.54. The minimum Gasteiger partial charge on any atom is -0.462 e. The molecule has 5 aliphatic rings. The summed E-state index contributed by atoms with van der Waals surface area (Å²) in [5.41, 5.74) is 1.65. The summed E-state index contributed by atoms with van der Waals surface area (Å²) in [5.74, 6) is 1.67. The van der Waals surface area contributed by atoms with Crippen molar-refractivity contribution in [1.82, 2.24) is 4.90 Å². The van der Waals surface area contributed by atoms with Crippen LogP contribution >= 0.6 is 0 Å². The maximum Gasteiger partial charge on any atom is 0.311 e. The number of likely N-dealkylation sites (tertiary alicyclic amines) is 1. The molecule has 2 aliphatic carbocycles. The normalized spacial score (nSPS) is 44.8. The molecule has 3 aliphatic heterocycles. The highest BCUT2D eigenvalue weighted by Crippen LogP contribution is 2.70. The second kappa shape index (κ2) is 7.31. The van der Waals surface area contributed by atoms with E-state index in [1.165, 1.54) is 44.1 Å². The maximum absolute atomic E-state index is 13.0. The molecular weight excluding hydrogens is 386 g/mol. The molecule has 0 bridgehead atoms. The number of epoxide rings is 1. The van der Waals surface area contributed by atoms with Crippen molar-refractivity contribution < 1.29 is 14.3 Å². The van der Waals surface area contributed by atoms with Gasteiger partial charge in [-0.1, -0.05) is 50.6 Å². The molecule has 2 saturated carbocycles. The lowest BCUT2D eigenvalue weighted by atomic mass is 9.53. The Balaban J connectivity index is 1.11. The third kappa shape index (κ3) is 3.12. The van der Waals surface area contributed by atoms with Crippen LogP contribution in [0.1, 0.15) is 57.9 Å². The van der Waals surface area contributed by atoms with E-state index in [2.05, 4.69) is 49.1 Å². The average Bonchev–Trinajstić information content (AvgIpc) is 3.45. The molecule has 31 heavy (non-hydrogen) atoms. The number of ether oxygens (including phenoxy) is 2. The second-order valence-electron chi connectivity index (χ2n) is 11.5. The van der Waals surface area contributed by atoms with Gasteiger partial charge in [-0.15, -0.1) is 0 Å². The molecule has 0 radical (unpaired) electrons. The van der Waals surface area contributed by atoms with Crippen molar-refractivity contribution in [1.29, 1.82) is 0 Å². The van der Waals surface area contributed by atoms with E-state index in [0.29, 0.717) is 5.92 Å². The summed E-state index contributed by atoms with van der Waals surface area (Å²) in [7, 11) is 0. The lowest BCUT2D eigenvalue weighted by Gasteiger charge is -2.49. The number of benzene rings is 1. The first-order chi connectivity index (χ1) is 15.0. The topological polar surface area (TPSA) is 42.1 Å². The summed E-state index contributed by atoms with van der Waals surface area (Å²) < 4.78 is 12.6. The van der Waals surface area contributed by atoms with Crippen LogP contribution < -0.4 is 0 Å². The Hall–Kier alpha value is -1.39. The Labute approximate surface area is 186 Å². The number of rotatable bonds is 4. The van der Waals surface area contributed by atoms with Crippen molar-refractivity contribution >= 4 is 5.97 Å². The Morgan fingerprint density at radius 2 is 1.90 bits per heavy atom. The van der Waals surface area contributed by atoms with E-state index in [1.54, 1.807) is 0 Å². The van der Waals surface area contributed by atoms with E-state index in [-0.39, 0.29) is 41.0 Å². The third-order valence-electron chi connectivity index (χ3n) is 9.72. The van der Waals surface area contributed by atoms with Gasteiger partial charge in [0, 0.05) is 17.9 Å². The van der Waals surface area contributed by atoms with E-state index in [9.17, 15) is 4.79 Å². The quantitative estimate of drug-likeness (QED) is 0.529. The molecule has 5 fully saturated rings. The molecule has 7 atom stereocenters. The minimum atomic E-state index is -0.00118. The van der Waals surface area contributed by atoms with Crippen LogP contribution in [-0.2, 0) is 20.7 Å². The predicted molar refractivity (Wildman–Crippen MR) is 120 cm³/mol. The number of carbonyl (C=O) groups is 1. The van der Waals surface area contributed by atoms with E-state index in [4.69, 9.17) is 9.47 Å². The molecule has 4 heteroatoms. The molecule has 0 aromatic heterocycles. The number of fused-ring (bicyclic) bond motifs is 2. The zero-order valence-corrected chi connectivity index (χ0v) is 19.1. The van der Waals surface area contributed by atoms with E-state index in [0.717, 1.165) is 32.0 Å². The summed E-state index contributed by atoms with van der Waals surface area (Å²) >= 11 is 0. The molecule has 4 nitrogen and oxygen atoms in total. The van der Waals surface area contributed by atoms with Crippen molar-refractivity contribution in [3.63, 3.8) is 0 Å². The highest BCUT2D eigenvalue weighted by atomic mass is 16.6. The fourth-order valence-electron chi connectivity index (χ4n) is 8.04. The summed E-state index contributed by atoms with van der Waals surface area (Å²) in [6.45, 7) is 7.84. The van der Waals surface area contributed by atoms with Crippen LogP contribution in [0.25, 0.3) is 0 Å². The lowest BCUT2D eigenvalue weighted by molar-refractivity contribution is -0.146. The predicted octanol–water partition coefficient (Wildman–Crippen LogP) is 4.47. The van der Waals surface area contributed by atoms with Gasteiger partial charge in [0.25, 0.3) is 0 Å². The number of nitrogens with zero attached hydrogens (tertiary/aromatic N) is 1. The fraction of sp³-hybridized carbons (Fsp3) is 0.741. The molecular formula is C27H37NO3. The smallest absolute Gasteiger partial charge is 0.311 e. The first kappa shape index (κ1) is 20.2. The number of piperidine rings is 1. The average molecular weight is 424 g/mol. The minimum absolute atomic E-state index is 0.00118. The summed E-state index contributed by atoms with van der Waals surface area (Å²) in [4.78, 5) is 15.5. The van der Waals surface area contributed by atoms with Crippen molar-refractivity contribution in [2.45, 2.75) is 76.6 Å². The van der Waals surface area contributed by atoms with Gasteiger partial charge in [0.1, 0.15) is 11.7 Å². The van der Waals surface area contributed by atoms with Gasteiger partial charge in [-0.25, -0.2) is 0 Å². The van der Waals surface area contributed by atoms with Crippen molar-refractivity contribution in [2.75, 3.05) is 19.6 Å². The van der Waals surface area contributed by atoms with E-state index in [1.807, 2.05) is 0 Å². The molecule has 0 amide bonds. The number of hydrogen-bond acceptors (Lipinski definition) is 4. The number of esters is 1. The second-order valence-corrected chi connectivity index (χ2v) is 11.5.